The summed E-state index contributed by atoms with van der Waals surface area (Å²) >= 11 is 0. The topological polar surface area (TPSA) is 48.7 Å². The Morgan fingerprint density at radius 2 is 2.54 bits per heavy atom. The summed E-state index contributed by atoms with van der Waals surface area (Å²) in [5.74, 6) is 2.42. The predicted molar refractivity (Wildman–Crippen MR) is 49.4 cm³/mol. The van der Waals surface area contributed by atoms with Crippen LogP contribution in [-0.2, 0) is 0 Å². The van der Waals surface area contributed by atoms with E-state index in [1.165, 1.54) is 0 Å². The molecule has 1 atom stereocenters. The molecule has 0 saturated carbocycles. The Kier molecular flexibility index (Phi) is 3.50. The highest BCUT2D eigenvalue weighted by atomic mass is 14.9. The molecule has 0 saturated heterocycles. The summed E-state index contributed by atoms with van der Waals surface area (Å²) in [5, 5.41) is 11.7. The Morgan fingerprint density at radius 3 is 3.08 bits per heavy atom. The normalized spacial score (nSPS) is 11.2. The summed E-state index contributed by atoms with van der Waals surface area (Å²) in [4.78, 5) is 3.92. The molecule has 0 amide bonds. The molecule has 3 heteroatoms. The van der Waals surface area contributed by atoms with Crippen molar-refractivity contribution in [2.24, 2.45) is 0 Å². The highest BCUT2D eigenvalue weighted by Crippen LogP contribution is 2.08. The second-order valence-electron chi connectivity index (χ2n) is 2.43. The van der Waals surface area contributed by atoms with Crippen LogP contribution in [0.3, 0.4) is 0 Å². The van der Waals surface area contributed by atoms with E-state index in [-0.39, 0.29) is 6.04 Å². The number of aromatic nitrogens is 1. The van der Waals surface area contributed by atoms with E-state index in [0.29, 0.717) is 6.54 Å². The van der Waals surface area contributed by atoms with Gasteiger partial charge >= 0.3 is 0 Å². The first kappa shape index (κ1) is 9.25. The fourth-order valence-electron chi connectivity index (χ4n) is 0.946. The molecule has 1 unspecified atom stereocenters. The molecule has 1 N–H and O–H groups in total. The van der Waals surface area contributed by atoms with Crippen molar-refractivity contribution in [2.45, 2.75) is 6.04 Å². The van der Waals surface area contributed by atoms with Gasteiger partial charge in [0.05, 0.1) is 12.6 Å². The molecule has 0 aliphatic carbocycles. The maximum atomic E-state index is 8.80. The first-order valence-electron chi connectivity index (χ1n) is 3.85. The van der Waals surface area contributed by atoms with Crippen LogP contribution in [0.5, 0.6) is 0 Å². The third-order valence-electron chi connectivity index (χ3n) is 1.56. The van der Waals surface area contributed by atoms with Crippen LogP contribution < -0.4 is 5.32 Å². The Bertz CT molecular complexity index is 331. The molecule has 0 fully saturated rings. The molecule has 1 rings (SSSR count). The van der Waals surface area contributed by atoms with Crippen LogP contribution in [0.4, 0.5) is 0 Å². The number of nitrogens with one attached hydrogen (secondary N) is 1. The van der Waals surface area contributed by atoms with Crippen LogP contribution in [0.1, 0.15) is 11.6 Å². The quantitative estimate of drug-likeness (QED) is 0.686. The summed E-state index contributed by atoms with van der Waals surface area (Å²) in [5.41, 5.74) is 0.834. The monoisotopic (exact) mass is 171 g/mol. The maximum absolute atomic E-state index is 8.80. The van der Waals surface area contributed by atoms with Gasteiger partial charge in [-0.3, -0.25) is 10.3 Å². The lowest BCUT2D eigenvalue weighted by Gasteiger charge is -2.07. The highest BCUT2D eigenvalue weighted by molar-refractivity contribution is 5.20. The molecule has 3 nitrogen and oxygen atoms in total. The van der Waals surface area contributed by atoms with Gasteiger partial charge in [-0.05, 0) is 6.07 Å². The summed E-state index contributed by atoms with van der Waals surface area (Å²) in [7, 11) is 0. The van der Waals surface area contributed by atoms with Crippen molar-refractivity contribution < 1.29 is 0 Å². The molecule has 13 heavy (non-hydrogen) atoms. The van der Waals surface area contributed by atoms with Crippen LogP contribution in [0, 0.1) is 23.7 Å². The van der Waals surface area contributed by atoms with Crippen LogP contribution in [0.15, 0.2) is 24.5 Å². The molecule has 1 heterocycles. The second kappa shape index (κ2) is 4.92. The molecule has 0 aliphatic rings. The number of nitriles is 1. The second-order valence-corrected chi connectivity index (χ2v) is 2.43. The lowest BCUT2D eigenvalue weighted by molar-refractivity contribution is 0.688. The fraction of sp³-hybridized carbons (Fsp3) is 0.200. The largest absolute Gasteiger partial charge is 0.287 e. The van der Waals surface area contributed by atoms with E-state index in [0.717, 1.165) is 5.56 Å². The van der Waals surface area contributed by atoms with E-state index in [1.54, 1.807) is 18.5 Å². The van der Waals surface area contributed by atoms with E-state index < -0.39 is 0 Å². The van der Waals surface area contributed by atoms with Gasteiger partial charge in [0.15, 0.2) is 0 Å². The average Bonchev–Trinajstić information content (AvgIpc) is 2.21. The van der Waals surface area contributed by atoms with E-state index >= 15 is 0 Å². The zero-order valence-electron chi connectivity index (χ0n) is 7.07. The lowest BCUT2D eigenvalue weighted by Crippen LogP contribution is -2.20. The molecule has 1 aromatic rings. The number of terminal acetylenes is 1. The van der Waals surface area contributed by atoms with Crippen LogP contribution in [-0.4, -0.2) is 11.5 Å². The zero-order valence-corrected chi connectivity index (χ0v) is 7.07. The molecular weight excluding hydrogens is 162 g/mol. The Morgan fingerprint density at radius 1 is 1.69 bits per heavy atom. The molecule has 0 radical (unpaired) electrons. The van der Waals surface area contributed by atoms with Gasteiger partial charge in [0, 0.05) is 18.0 Å². The number of hydrogen-bond donors (Lipinski definition) is 1. The van der Waals surface area contributed by atoms with Crippen LogP contribution >= 0.6 is 0 Å². The number of pyridine rings is 1. The van der Waals surface area contributed by atoms with E-state index in [2.05, 4.69) is 22.3 Å². The standard InChI is InChI=1S/C10H9N3/c1-2-5-13-10(7-11)9-4-3-6-12-8-9/h1,3-4,6,8,10,13H,5H2. The first-order chi connectivity index (χ1) is 6.38. The van der Waals surface area contributed by atoms with E-state index in [9.17, 15) is 0 Å². The van der Waals surface area contributed by atoms with E-state index in [4.69, 9.17) is 11.7 Å². The third kappa shape index (κ3) is 2.59. The molecular formula is C10H9N3. The Balaban J connectivity index is 2.70. The first-order valence-corrected chi connectivity index (χ1v) is 3.85. The van der Waals surface area contributed by atoms with Crippen LogP contribution in [0.25, 0.3) is 0 Å². The van der Waals surface area contributed by atoms with Crippen molar-refractivity contribution in [1.29, 1.82) is 5.26 Å². The highest BCUT2D eigenvalue weighted by Gasteiger charge is 2.07. The Hall–Kier alpha value is -1.84. The minimum atomic E-state index is -0.371. The predicted octanol–water partition coefficient (Wildman–Crippen LogP) is 0.869. The Labute approximate surface area is 77.4 Å². The van der Waals surface area contributed by atoms with Gasteiger partial charge in [0.1, 0.15) is 6.04 Å². The maximum Gasteiger partial charge on any atom is 0.123 e. The van der Waals surface area contributed by atoms with Crippen molar-refractivity contribution in [3.8, 4) is 18.4 Å². The minimum absolute atomic E-state index is 0.371. The fourth-order valence-corrected chi connectivity index (χ4v) is 0.946. The van der Waals surface area contributed by atoms with Crippen molar-refractivity contribution in [1.82, 2.24) is 10.3 Å². The van der Waals surface area contributed by atoms with Gasteiger partial charge < -0.3 is 0 Å². The molecule has 64 valence electrons. The third-order valence-corrected chi connectivity index (χ3v) is 1.56. The van der Waals surface area contributed by atoms with Gasteiger partial charge in [-0.25, -0.2) is 0 Å². The SMILES string of the molecule is C#CCNC(C#N)c1cccnc1. The van der Waals surface area contributed by atoms with Crippen molar-refractivity contribution in [3.05, 3.63) is 30.1 Å². The van der Waals surface area contributed by atoms with Gasteiger partial charge in [-0.1, -0.05) is 12.0 Å². The molecule has 0 aromatic carbocycles. The van der Waals surface area contributed by atoms with Crippen molar-refractivity contribution in [3.63, 3.8) is 0 Å². The van der Waals surface area contributed by atoms with Gasteiger partial charge in [-0.15, -0.1) is 6.42 Å². The summed E-state index contributed by atoms with van der Waals surface area (Å²) in [6, 6.07) is 5.36. The summed E-state index contributed by atoms with van der Waals surface area (Å²) in [6.45, 7) is 0.382. The summed E-state index contributed by atoms with van der Waals surface area (Å²) < 4.78 is 0. The molecule has 1 aromatic heterocycles. The smallest absolute Gasteiger partial charge is 0.123 e. The van der Waals surface area contributed by atoms with Crippen LogP contribution in [0.2, 0.25) is 0 Å². The van der Waals surface area contributed by atoms with E-state index in [1.807, 2.05) is 6.07 Å². The molecule has 0 aliphatic heterocycles. The molecule has 0 bridgehead atoms. The van der Waals surface area contributed by atoms with Gasteiger partial charge in [-0.2, -0.15) is 5.26 Å². The van der Waals surface area contributed by atoms with Gasteiger partial charge in [0.25, 0.3) is 0 Å². The molecule has 0 spiro atoms. The van der Waals surface area contributed by atoms with Crippen molar-refractivity contribution in [2.75, 3.05) is 6.54 Å². The zero-order chi connectivity index (χ0) is 9.52. The average molecular weight is 171 g/mol. The number of hydrogen-bond acceptors (Lipinski definition) is 3. The number of nitrogens with zero attached hydrogens (tertiary/aromatic N) is 2. The van der Waals surface area contributed by atoms with Crippen molar-refractivity contribution >= 4 is 0 Å². The minimum Gasteiger partial charge on any atom is -0.287 e. The summed E-state index contributed by atoms with van der Waals surface area (Å²) in [6.07, 6.45) is 8.39. The van der Waals surface area contributed by atoms with Gasteiger partial charge in [0.2, 0.25) is 0 Å². The number of rotatable bonds is 3. The lowest BCUT2D eigenvalue weighted by atomic mass is 10.1.